The maximum Gasteiger partial charge on any atom is 0.297 e. The molecule has 0 N–H and O–H groups in total. The highest BCUT2D eigenvalue weighted by Crippen LogP contribution is 2.55. The molecule has 0 aromatic heterocycles. The van der Waals surface area contributed by atoms with E-state index >= 15 is 0 Å². The van der Waals surface area contributed by atoms with E-state index in [1.54, 1.807) is 0 Å². The summed E-state index contributed by atoms with van der Waals surface area (Å²) in [5.41, 5.74) is 1.15. The monoisotopic (exact) mass is 383 g/mol. The van der Waals surface area contributed by atoms with E-state index in [9.17, 15) is 4.57 Å². The predicted octanol–water partition coefficient (Wildman–Crippen LogP) is 5.40. The Morgan fingerprint density at radius 1 is 0.960 bits per heavy atom. The van der Waals surface area contributed by atoms with Crippen molar-refractivity contribution in [2.45, 2.75) is 47.3 Å². The minimum absolute atomic E-state index is 0.380. The Hall–Kier alpha value is -0.943. The topological polar surface area (TPSA) is 45.1 Å². The van der Waals surface area contributed by atoms with Crippen molar-refractivity contribution >= 4 is 27.1 Å². The Labute approximate surface area is 154 Å². The average Bonchev–Trinajstić information content (AvgIpc) is 2.56. The summed E-state index contributed by atoms with van der Waals surface area (Å²) in [6, 6.07) is 9.66. The van der Waals surface area contributed by atoms with Crippen LogP contribution in [0.5, 0.6) is 0 Å². The SMILES string of the molecule is CCN(CC)P(=O)(C(=Nc1ccccc1)O[Si](C)(C)C)N(CC)CC. The van der Waals surface area contributed by atoms with Crippen LogP contribution in [0, 0.1) is 0 Å². The molecule has 25 heavy (non-hydrogen) atoms. The molecule has 0 aliphatic carbocycles. The van der Waals surface area contributed by atoms with Gasteiger partial charge < -0.3 is 4.43 Å². The highest BCUT2D eigenvalue weighted by atomic mass is 31.2. The van der Waals surface area contributed by atoms with E-state index in [-0.39, 0.29) is 0 Å². The Bertz CT molecular complexity index is 578. The van der Waals surface area contributed by atoms with Crippen molar-refractivity contribution < 1.29 is 8.99 Å². The van der Waals surface area contributed by atoms with E-state index in [0.29, 0.717) is 31.8 Å². The molecule has 1 rings (SSSR count). The zero-order valence-electron chi connectivity index (χ0n) is 16.8. The molecule has 0 bridgehead atoms. The van der Waals surface area contributed by atoms with E-state index in [1.165, 1.54) is 0 Å². The van der Waals surface area contributed by atoms with Crippen molar-refractivity contribution in [2.24, 2.45) is 4.99 Å². The number of benzene rings is 1. The average molecular weight is 384 g/mol. The first kappa shape index (κ1) is 22.1. The number of nitrogens with zero attached hydrogens (tertiary/aromatic N) is 3. The summed E-state index contributed by atoms with van der Waals surface area (Å²) in [6.45, 7) is 17.2. The van der Waals surface area contributed by atoms with Gasteiger partial charge in [0.15, 0.2) is 0 Å². The molecule has 1 aromatic rings. The third-order valence-corrected chi connectivity index (χ3v) is 8.19. The first-order valence-corrected chi connectivity index (χ1v) is 14.2. The summed E-state index contributed by atoms with van der Waals surface area (Å²) in [5, 5.41) is 0. The lowest BCUT2D eigenvalue weighted by atomic mass is 10.3. The van der Waals surface area contributed by atoms with Gasteiger partial charge in [-0.15, -0.1) is 0 Å². The molecule has 1 aromatic carbocycles. The molecule has 0 aliphatic rings. The second kappa shape index (κ2) is 9.67. The second-order valence-electron chi connectivity index (χ2n) is 6.77. The molecule has 0 radical (unpaired) electrons. The lowest BCUT2D eigenvalue weighted by molar-refractivity contribution is 0.363. The van der Waals surface area contributed by atoms with Crippen LogP contribution in [0.1, 0.15) is 27.7 Å². The highest BCUT2D eigenvalue weighted by molar-refractivity contribution is 7.76. The first-order chi connectivity index (χ1) is 11.7. The Morgan fingerprint density at radius 2 is 1.40 bits per heavy atom. The van der Waals surface area contributed by atoms with Crippen molar-refractivity contribution in [1.29, 1.82) is 0 Å². The molecule has 0 unspecified atom stereocenters. The van der Waals surface area contributed by atoms with Gasteiger partial charge in [-0.25, -0.2) is 14.3 Å². The summed E-state index contributed by atoms with van der Waals surface area (Å²) >= 11 is 0. The van der Waals surface area contributed by atoms with Crippen LogP contribution in [0.2, 0.25) is 19.6 Å². The molecule has 0 fully saturated rings. The zero-order chi connectivity index (χ0) is 19.1. The fraction of sp³-hybridized carbons (Fsp3) is 0.611. The van der Waals surface area contributed by atoms with Crippen molar-refractivity contribution in [3.05, 3.63) is 30.3 Å². The highest BCUT2D eigenvalue weighted by Gasteiger charge is 2.43. The second-order valence-corrected chi connectivity index (χ2v) is 13.8. The smallest absolute Gasteiger partial charge is 0.297 e. The molecule has 0 amide bonds. The van der Waals surface area contributed by atoms with Gasteiger partial charge >= 0.3 is 0 Å². The van der Waals surface area contributed by atoms with Crippen LogP contribution in [0.25, 0.3) is 0 Å². The molecule has 0 heterocycles. The van der Waals surface area contributed by atoms with Crippen molar-refractivity contribution in [2.75, 3.05) is 26.2 Å². The summed E-state index contributed by atoms with van der Waals surface area (Å²) < 4.78 is 24.7. The molecule has 0 saturated heterocycles. The van der Waals surface area contributed by atoms with Crippen LogP contribution in [0.3, 0.4) is 0 Å². The third-order valence-electron chi connectivity index (χ3n) is 3.85. The van der Waals surface area contributed by atoms with E-state index in [4.69, 9.17) is 9.42 Å². The molecular formula is C18H34N3O2PSi. The Morgan fingerprint density at radius 3 is 1.76 bits per heavy atom. The van der Waals surface area contributed by atoms with E-state index in [1.807, 2.05) is 67.4 Å². The summed E-state index contributed by atoms with van der Waals surface area (Å²) in [6.07, 6.45) is 0. The molecule has 0 aliphatic heterocycles. The van der Waals surface area contributed by atoms with Crippen LogP contribution < -0.4 is 0 Å². The molecule has 5 nitrogen and oxygen atoms in total. The summed E-state index contributed by atoms with van der Waals surface area (Å²) in [4.78, 5) is 4.73. The molecular weight excluding hydrogens is 349 g/mol. The number of aliphatic imine (C=N–C) groups is 1. The number of para-hydroxylation sites is 1. The third kappa shape index (κ3) is 5.78. The molecule has 7 heteroatoms. The maximum atomic E-state index is 14.3. The summed E-state index contributed by atoms with van der Waals surface area (Å²) in [5.74, 6) is 0. The van der Waals surface area contributed by atoms with Gasteiger partial charge in [-0.1, -0.05) is 45.9 Å². The molecule has 0 atom stereocenters. The van der Waals surface area contributed by atoms with Gasteiger partial charge in [0, 0.05) is 26.2 Å². The lowest BCUT2D eigenvalue weighted by Gasteiger charge is -2.39. The van der Waals surface area contributed by atoms with Crippen LogP contribution >= 0.6 is 7.44 Å². The van der Waals surface area contributed by atoms with Gasteiger partial charge in [0.1, 0.15) is 0 Å². The number of hydrogen-bond acceptors (Lipinski definition) is 3. The van der Waals surface area contributed by atoms with Gasteiger partial charge in [0.25, 0.3) is 13.1 Å². The van der Waals surface area contributed by atoms with E-state index in [2.05, 4.69) is 19.6 Å². The van der Waals surface area contributed by atoms with Crippen molar-refractivity contribution in [3.8, 4) is 0 Å². The van der Waals surface area contributed by atoms with Crippen molar-refractivity contribution in [3.63, 3.8) is 0 Å². The van der Waals surface area contributed by atoms with Gasteiger partial charge in [0.2, 0.25) is 8.32 Å². The quantitative estimate of drug-likeness (QED) is 0.248. The minimum Gasteiger partial charge on any atom is -0.527 e. The number of hydrogen-bond donors (Lipinski definition) is 0. The van der Waals surface area contributed by atoms with Crippen LogP contribution in [-0.2, 0) is 8.99 Å². The molecule has 0 spiro atoms. The van der Waals surface area contributed by atoms with E-state index < -0.39 is 15.8 Å². The number of rotatable bonds is 9. The fourth-order valence-corrected chi connectivity index (χ4v) is 7.18. The maximum absolute atomic E-state index is 14.3. The normalized spacial score (nSPS) is 13.6. The largest absolute Gasteiger partial charge is 0.527 e. The standard InChI is InChI=1S/C18H34N3O2PSi/c1-8-20(9-2)24(22,21(10-3)11-4)18(23-25(5,6)7)19-17-15-13-12-14-16-17/h12-16H,8-11H2,1-7H3. The Balaban J connectivity index is 3.57. The first-order valence-electron chi connectivity index (χ1n) is 9.17. The molecule has 142 valence electrons. The molecule has 0 saturated carbocycles. The van der Waals surface area contributed by atoms with Gasteiger partial charge in [-0.05, 0) is 31.8 Å². The fourth-order valence-electron chi connectivity index (χ4n) is 2.67. The predicted molar refractivity (Wildman–Crippen MR) is 111 cm³/mol. The van der Waals surface area contributed by atoms with E-state index in [0.717, 1.165) is 5.69 Å². The lowest BCUT2D eigenvalue weighted by Crippen LogP contribution is -2.40. The van der Waals surface area contributed by atoms with Gasteiger partial charge in [-0.3, -0.25) is 4.57 Å². The van der Waals surface area contributed by atoms with Gasteiger partial charge in [0.05, 0.1) is 5.69 Å². The van der Waals surface area contributed by atoms with Crippen LogP contribution in [0.15, 0.2) is 35.3 Å². The summed E-state index contributed by atoms with van der Waals surface area (Å²) in [7, 11) is -5.07. The van der Waals surface area contributed by atoms with Crippen molar-refractivity contribution in [1.82, 2.24) is 9.34 Å². The van der Waals surface area contributed by atoms with Crippen LogP contribution in [-0.4, -0.2) is 49.5 Å². The van der Waals surface area contributed by atoms with Gasteiger partial charge in [-0.2, -0.15) is 0 Å². The van der Waals surface area contributed by atoms with Crippen LogP contribution in [0.4, 0.5) is 5.69 Å². The zero-order valence-corrected chi connectivity index (χ0v) is 18.7. The Kier molecular flexibility index (Phi) is 8.55. The minimum atomic E-state index is -3.08.